The maximum atomic E-state index is 12.4. The Morgan fingerprint density at radius 1 is 1.41 bits per heavy atom. The zero-order valence-corrected chi connectivity index (χ0v) is 17.5. The van der Waals surface area contributed by atoms with Crippen LogP contribution < -0.4 is 10.2 Å². The third kappa shape index (κ3) is 4.14. The Labute approximate surface area is 168 Å². The van der Waals surface area contributed by atoms with Crippen molar-refractivity contribution < 1.29 is 19.4 Å². The standard InChI is InChI=1S/C16H20BrN5O4S/c1-7-11(15(24)25)27-16(19-7)22-5-4-9(10(6-22)26-3)20-14(23)13-18-8(2)12(17)21-13/h9-10H,4-6H2,1-3H3,(H,18,21)(H,20,23)(H,24,25). The number of ether oxygens (including phenoxy) is 1. The van der Waals surface area contributed by atoms with Crippen molar-refractivity contribution in [3.05, 3.63) is 26.7 Å². The molecule has 1 fully saturated rings. The number of aromatic nitrogens is 3. The number of nitrogens with one attached hydrogen (secondary N) is 2. The molecule has 1 aliphatic heterocycles. The van der Waals surface area contributed by atoms with Crippen LogP contribution in [0.2, 0.25) is 0 Å². The van der Waals surface area contributed by atoms with Gasteiger partial charge in [0.1, 0.15) is 9.48 Å². The molecule has 9 nitrogen and oxygen atoms in total. The fourth-order valence-corrected chi connectivity index (χ4v) is 4.21. The number of carboxylic acids is 1. The molecule has 2 aromatic rings. The Hall–Kier alpha value is -1.98. The smallest absolute Gasteiger partial charge is 0.347 e. The first-order valence-electron chi connectivity index (χ1n) is 8.31. The maximum absolute atomic E-state index is 12.4. The second-order valence-corrected chi connectivity index (χ2v) is 8.03. The van der Waals surface area contributed by atoms with Gasteiger partial charge in [0.2, 0.25) is 0 Å². The molecule has 27 heavy (non-hydrogen) atoms. The van der Waals surface area contributed by atoms with Gasteiger partial charge >= 0.3 is 5.97 Å². The number of piperidine rings is 1. The lowest BCUT2D eigenvalue weighted by molar-refractivity contribution is 0.0538. The van der Waals surface area contributed by atoms with Gasteiger partial charge in [-0.15, -0.1) is 0 Å². The van der Waals surface area contributed by atoms with Crippen molar-refractivity contribution in [3.8, 4) is 0 Å². The molecule has 2 unspecified atom stereocenters. The number of rotatable bonds is 5. The van der Waals surface area contributed by atoms with Gasteiger partial charge in [-0.1, -0.05) is 11.3 Å². The number of carbonyl (C=O) groups excluding carboxylic acids is 1. The van der Waals surface area contributed by atoms with Gasteiger partial charge < -0.3 is 25.0 Å². The van der Waals surface area contributed by atoms with E-state index in [-0.39, 0.29) is 28.8 Å². The highest BCUT2D eigenvalue weighted by Crippen LogP contribution is 2.29. The summed E-state index contributed by atoms with van der Waals surface area (Å²) < 4.78 is 6.18. The Kier molecular flexibility index (Phi) is 5.82. The summed E-state index contributed by atoms with van der Waals surface area (Å²) in [7, 11) is 1.59. The number of H-pyrrole nitrogens is 1. The maximum Gasteiger partial charge on any atom is 0.347 e. The lowest BCUT2D eigenvalue weighted by Crippen LogP contribution is -2.55. The molecule has 0 spiro atoms. The Bertz CT molecular complexity index is 848. The van der Waals surface area contributed by atoms with Gasteiger partial charge in [-0.05, 0) is 36.2 Å². The Balaban J connectivity index is 1.68. The first-order valence-corrected chi connectivity index (χ1v) is 9.92. The number of imidazole rings is 1. The van der Waals surface area contributed by atoms with Crippen LogP contribution in [0.5, 0.6) is 0 Å². The topological polar surface area (TPSA) is 120 Å². The van der Waals surface area contributed by atoms with E-state index in [9.17, 15) is 14.7 Å². The summed E-state index contributed by atoms with van der Waals surface area (Å²) in [6.45, 7) is 4.66. The van der Waals surface area contributed by atoms with Crippen molar-refractivity contribution in [2.24, 2.45) is 0 Å². The van der Waals surface area contributed by atoms with Crippen molar-refractivity contribution in [2.75, 3.05) is 25.1 Å². The molecule has 2 aromatic heterocycles. The van der Waals surface area contributed by atoms with E-state index in [0.717, 1.165) is 17.0 Å². The number of aromatic amines is 1. The summed E-state index contributed by atoms with van der Waals surface area (Å²) in [4.78, 5) is 37.4. The molecule has 3 N–H and O–H groups in total. The zero-order valence-electron chi connectivity index (χ0n) is 15.1. The minimum Gasteiger partial charge on any atom is -0.477 e. The minimum atomic E-state index is -0.971. The van der Waals surface area contributed by atoms with Crippen LogP contribution in [-0.2, 0) is 4.74 Å². The number of hydrogen-bond acceptors (Lipinski definition) is 7. The number of aryl methyl sites for hydroxylation is 2. The van der Waals surface area contributed by atoms with Crippen LogP contribution in [0.15, 0.2) is 4.60 Å². The monoisotopic (exact) mass is 457 g/mol. The van der Waals surface area contributed by atoms with Gasteiger partial charge in [0.05, 0.1) is 17.8 Å². The fraction of sp³-hybridized carbons (Fsp3) is 0.500. The third-order valence-electron chi connectivity index (χ3n) is 4.47. The van der Waals surface area contributed by atoms with Gasteiger partial charge in [0.25, 0.3) is 5.91 Å². The van der Waals surface area contributed by atoms with Gasteiger partial charge in [-0.2, -0.15) is 0 Å². The zero-order chi connectivity index (χ0) is 19.7. The highest BCUT2D eigenvalue weighted by Gasteiger charge is 2.33. The summed E-state index contributed by atoms with van der Waals surface area (Å²) in [5.74, 6) is -1.01. The largest absolute Gasteiger partial charge is 0.477 e. The highest BCUT2D eigenvalue weighted by atomic mass is 79.9. The Morgan fingerprint density at radius 3 is 2.70 bits per heavy atom. The molecule has 1 amide bonds. The molecular weight excluding hydrogens is 438 g/mol. The molecule has 2 atom stereocenters. The van der Waals surface area contributed by atoms with Crippen LogP contribution in [0, 0.1) is 13.8 Å². The van der Waals surface area contributed by atoms with Crippen LogP contribution in [0.4, 0.5) is 5.13 Å². The number of carboxylic acid groups (broad SMARTS) is 1. The van der Waals surface area contributed by atoms with E-state index in [1.165, 1.54) is 0 Å². The second kappa shape index (κ2) is 7.95. The summed E-state index contributed by atoms with van der Waals surface area (Å²) in [5.41, 5.74) is 1.29. The average Bonchev–Trinajstić information content (AvgIpc) is 3.18. The summed E-state index contributed by atoms with van der Waals surface area (Å²) >= 11 is 4.44. The SMILES string of the molecule is COC1CN(c2nc(C)c(C(=O)O)s2)CCC1NC(=O)c1nc(Br)c(C)[nH]1. The second-order valence-electron chi connectivity index (χ2n) is 6.31. The normalized spacial score (nSPS) is 19.9. The van der Waals surface area contributed by atoms with Gasteiger partial charge in [0, 0.05) is 25.9 Å². The minimum absolute atomic E-state index is 0.178. The summed E-state index contributed by atoms with van der Waals surface area (Å²) in [6.07, 6.45) is 0.395. The molecule has 1 saturated heterocycles. The van der Waals surface area contributed by atoms with E-state index in [1.807, 2.05) is 11.8 Å². The third-order valence-corrected chi connectivity index (χ3v) is 6.45. The van der Waals surface area contributed by atoms with E-state index >= 15 is 0 Å². The van der Waals surface area contributed by atoms with E-state index < -0.39 is 5.97 Å². The molecule has 0 bridgehead atoms. The average molecular weight is 458 g/mol. The first kappa shape index (κ1) is 19.8. The van der Waals surface area contributed by atoms with Crippen molar-refractivity contribution in [1.29, 1.82) is 0 Å². The first-order chi connectivity index (χ1) is 12.8. The van der Waals surface area contributed by atoms with Crippen LogP contribution in [-0.4, -0.2) is 64.3 Å². The lowest BCUT2D eigenvalue weighted by atomic mass is 10.0. The fourth-order valence-electron chi connectivity index (χ4n) is 2.99. The van der Waals surface area contributed by atoms with E-state index in [1.54, 1.807) is 14.0 Å². The Morgan fingerprint density at radius 2 is 2.15 bits per heavy atom. The molecule has 3 heterocycles. The molecule has 0 radical (unpaired) electrons. The van der Waals surface area contributed by atoms with Crippen molar-refractivity contribution in [3.63, 3.8) is 0 Å². The number of thiazole rings is 1. The number of carbonyl (C=O) groups is 2. The van der Waals surface area contributed by atoms with Crippen LogP contribution in [0.25, 0.3) is 0 Å². The van der Waals surface area contributed by atoms with Gasteiger partial charge in [-0.3, -0.25) is 4.79 Å². The number of halogens is 1. The number of aromatic carboxylic acids is 1. The van der Waals surface area contributed by atoms with Gasteiger partial charge in [-0.25, -0.2) is 14.8 Å². The molecule has 0 aliphatic carbocycles. The molecule has 3 rings (SSSR count). The molecule has 146 valence electrons. The predicted octanol–water partition coefficient (Wildman–Crippen LogP) is 1.97. The number of nitrogens with zero attached hydrogens (tertiary/aromatic N) is 3. The van der Waals surface area contributed by atoms with E-state index in [2.05, 4.69) is 36.2 Å². The van der Waals surface area contributed by atoms with Crippen molar-refractivity contribution >= 4 is 44.3 Å². The molecular formula is C16H20BrN5O4S. The summed E-state index contributed by atoms with van der Waals surface area (Å²) in [5, 5.41) is 12.8. The van der Waals surface area contributed by atoms with Crippen LogP contribution in [0.1, 0.15) is 38.1 Å². The molecule has 0 saturated carbocycles. The van der Waals surface area contributed by atoms with Crippen molar-refractivity contribution in [1.82, 2.24) is 20.3 Å². The van der Waals surface area contributed by atoms with Gasteiger partial charge in [0.15, 0.2) is 11.0 Å². The molecule has 1 aliphatic rings. The van der Waals surface area contributed by atoms with Crippen LogP contribution >= 0.6 is 27.3 Å². The van der Waals surface area contributed by atoms with E-state index in [0.29, 0.717) is 34.9 Å². The predicted molar refractivity (Wildman–Crippen MR) is 104 cm³/mol. The highest BCUT2D eigenvalue weighted by molar-refractivity contribution is 9.10. The number of anilines is 1. The lowest BCUT2D eigenvalue weighted by Gasteiger charge is -2.37. The molecule has 0 aromatic carbocycles. The number of methoxy groups -OCH3 is 1. The van der Waals surface area contributed by atoms with E-state index in [4.69, 9.17) is 4.74 Å². The summed E-state index contributed by atoms with van der Waals surface area (Å²) in [6, 6.07) is -0.178. The number of hydrogen-bond donors (Lipinski definition) is 3. The number of amides is 1. The van der Waals surface area contributed by atoms with Crippen molar-refractivity contribution in [2.45, 2.75) is 32.4 Å². The quantitative estimate of drug-likeness (QED) is 0.627. The van der Waals surface area contributed by atoms with Crippen LogP contribution in [0.3, 0.4) is 0 Å². The molecule has 11 heteroatoms.